The molecule has 2 atom stereocenters. The molecule has 2 aromatic carbocycles. The lowest BCUT2D eigenvalue weighted by molar-refractivity contribution is 0.0997. The molecule has 2 heterocycles. The fourth-order valence-electron chi connectivity index (χ4n) is 4.61. The van der Waals surface area contributed by atoms with Gasteiger partial charge in [0.15, 0.2) is 4.80 Å². The van der Waals surface area contributed by atoms with Crippen LogP contribution in [0.4, 0.5) is 0 Å². The smallest absolute Gasteiger partial charge is 0.279 e. The number of amides is 1. The maximum Gasteiger partial charge on any atom is 0.279 e. The minimum Gasteiger partial charge on any atom is -0.495 e. The van der Waals surface area contributed by atoms with Gasteiger partial charge in [-0.1, -0.05) is 31.3 Å². The van der Waals surface area contributed by atoms with Crippen LogP contribution in [-0.2, 0) is 21.3 Å². The van der Waals surface area contributed by atoms with Gasteiger partial charge in [0.25, 0.3) is 5.91 Å². The van der Waals surface area contributed by atoms with E-state index in [0.29, 0.717) is 54.2 Å². The summed E-state index contributed by atoms with van der Waals surface area (Å²) in [6, 6.07) is 11.8. The van der Waals surface area contributed by atoms with Gasteiger partial charge in [0.05, 0.1) is 23.3 Å². The summed E-state index contributed by atoms with van der Waals surface area (Å²) in [5.74, 6) is 0.890. The first-order valence-electron chi connectivity index (χ1n) is 11.6. The number of para-hydroxylation sites is 1. The van der Waals surface area contributed by atoms with Gasteiger partial charge in [0, 0.05) is 32.3 Å². The Morgan fingerprint density at radius 3 is 2.40 bits per heavy atom. The molecule has 1 aliphatic rings. The molecule has 1 saturated heterocycles. The molecule has 0 saturated carbocycles. The molecular weight excluding hydrogens is 486 g/mol. The van der Waals surface area contributed by atoms with E-state index in [0.717, 1.165) is 16.6 Å². The lowest BCUT2D eigenvalue weighted by Crippen LogP contribution is -2.42. The van der Waals surface area contributed by atoms with Crippen LogP contribution < -0.4 is 9.54 Å². The van der Waals surface area contributed by atoms with Gasteiger partial charge in [-0.25, -0.2) is 8.42 Å². The molecule has 10 heteroatoms. The van der Waals surface area contributed by atoms with E-state index in [9.17, 15) is 13.2 Å². The van der Waals surface area contributed by atoms with Gasteiger partial charge in [0.1, 0.15) is 11.3 Å². The Morgan fingerprint density at radius 1 is 1.09 bits per heavy atom. The summed E-state index contributed by atoms with van der Waals surface area (Å²) in [4.78, 5) is 18.1. The molecule has 1 amide bonds. The van der Waals surface area contributed by atoms with Crippen molar-refractivity contribution in [3.05, 3.63) is 52.8 Å². The summed E-state index contributed by atoms with van der Waals surface area (Å²) < 4.78 is 41.5. The largest absolute Gasteiger partial charge is 0.495 e. The second kappa shape index (κ2) is 10.6. The Kier molecular flexibility index (Phi) is 7.75. The quantitative estimate of drug-likeness (QED) is 0.476. The topological polar surface area (TPSA) is 90.2 Å². The number of methoxy groups -OCH3 is 2. The molecule has 0 spiro atoms. The summed E-state index contributed by atoms with van der Waals surface area (Å²) in [6.45, 7) is 6.13. The second-order valence-electron chi connectivity index (χ2n) is 9.05. The maximum atomic E-state index is 13.1. The summed E-state index contributed by atoms with van der Waals surface area (Å²) >= 11 is 1.39. The van der Waals surface area contributed by atoms with Crippen LogP contribution in [-0.4, -0.2) is 57.1 Å². The van der Waals surface area contributed by atoms with Crippen LogP contribution in [0.25, 0.3) is 10.2 Å². The Labute approximate surface area is 209 Å². The predicted octanol–water partition coefficient (Wildman–Crippen LogP) is 3.77. The van der Waals surface area contributed by atoms with Gasteiger partial charge >= 0.3 is 0 Å². The third-order valence-electron chi connectivity index (χ3n) is 6.17. The maximum absolute atomic E-state index is 13.1. The SMILES string of the molecule is COCCn1c(=NC(=O)c2ccc(S(=O)(=O)N3CC(C)CC(C)C3)cc2)sc2cccc(OC)c21. The Balaban J connectivity index is 1.65. The monoisotopic (exact) mass is 517 g/mol. The summed E-state index contributed by atoms with van der Waals surface area (Å²) in [6.07, 6.45) is 1.02. The molecule has 3 aromatic rings. The van der Waals surface area contributed by atoms with Crippen LogP contribution >= 0.6 is 11.3 Å². The van der Waals surface area contributed by atoms with Crippen molar-refractivity contribution in [1.29, 1.82) is 0 Å². The molecule has 1 aliphatic heterocycles. The van der Waals surface area contributed by atoms with E-state index in [1.807, 2.05) is 22.8 Å². The first kappa shape index (κ1) is 25.6. The average molecular weight is 518 g/mol. The Morgan fingerprint density at radius 2 is 1.77 bits per heavy atom. The number of rotatable bonds is 7. The first-order chi connectivity index (χ1) is 16.7. The van der Waals surface area contributed by atoms with Gasteiger partial charge < -0.3 is 14.0 Å². The van der Waals surface area contributed by atoms with Crippen molar-refractivity contribution in [2.45, 2.75) is 31.7 Å². The van der Waals surface area contributed by atoms with Crippen LogP contribution in [0, 0.1) is 11.8 Å². The molecule has 0 bridgehead atoms. The van der Waals surface area contributed by atoms with E-state index in [1.165, 1.54) is 35.6 Å². The minimum absolute atomic E-state index is 0.192. The molecule has 35 heavy (non-hydrogen) atoms. The number of hydrogen-bond donors (Lipinski definition) is 0. The third-order valence-corrected chi connectivity index (χ3v) is 9.06. The second-order valence-corrected chi connectivity index (χ2v) is 12.0. The third kappa shape index (κ3) is 5.35. The van der Waals surface area contributed by atoms with Crippen LogP contribution in [0.2, 0.25) is 0 Å². The number of carbonyl (C=O) groups is 1. The number of piperidine rings is 1. The van der Waals surface area contributed by atoms with Gasteiger partial charge in [-0.2, -0.15) is 9.30 Å². The highest BCUT2D eigenvalue weighted by molar-refractivity contribution is 7.89. The van der Waals surface area contributed by atoms with Crippen LogP contribution in [0.5, 0.6) is 5.75 Å². The standard InChI is InChI=1S/C25H31N3O5S2/c1-17-14-18(2)16-27(15-17)35(30,31)20-10-8-19(9-11-20)24(29)26-25-28(12-13-32-3)23-21(33-4)6-5-7-22(23)34-25/h5-11,17-18H,12-16H2,1-4H3. The highest BCUT2D eigenvalue weighted by Gasteiger charge is 2.31. The van der Waals surface area contributed by atoms with Crippen molar-refractivity contribution >= 4 is 37.5 Å². The fraction of sp³-hybridized carbons (Fsp3) is 0.440. The van der Waals surface area contributed by atoms with Gasteiger partial charge in [-0.3, -0.25) is 4.79 Å². The lowest BCUT2D eigenvalue weighted by atomic mass is 9.94. The van der Waals surface area contributed by atoms with Gasteiger partial charge in [0.2, 0.25) is 10.0 Å². The van der Waals surface area contributed by atoms with Crippen LogP contribution in [0.3, 0.4) is 0 Å². The molecule has 1 fully saturated rings. The number of fused-ring (bicyclic) bond motifs is 1. The van der Waals surface area contributed by atoms with E-state index in [4.69, 9.17) is 9.47 Å². The first-order valence-corrected chi connectivity index (χ1v) is 13.8. The molecule has 1 aromatic heterocycles. The summed E-state index contributed by atoms with van der Waals surface area (Å²) in [5, 5.41) is 0. The van der Waals surface area contributed by atoms with Crippen LogP contribution in [0.1, 0.15) is 30.6 Å². The highest BCUT2D eigenvalue weighted by atomic mass is 32.2. The van der Waals surface area contributed by atoms with Crippen molar-refractivity contribution in [2.75, 3.05) is 33.9 Å². The van der Waals surface area contributed by atoms with E-state index in [2.05, 4.69) is 18.8 Å². The number of thiazole rings is 1. The van der Waals surface area contributed by atoms with Crippen molar-refractivity contribution in [2.24, 2.45) is 16.8 Å². The number of nitrogens with zero attached hydrogens (tertiary/aromatic N) is 3. The summed E-state index contributed by atoms with van der Waals surface area (Å²) in [5.41, 5.74) is 1.18. The number of sulfonamides is 1. The molecule has 2 unspecified atom stereocenters. The van der Waals surface area contributed by atoms with Crippen molar-refractivity contribution in [3.8, 4) is 5.75 Å². The zero-order chi connectivity index (χ0) is 25.2. The van der Waals surface area contributed by atoms with E-state index in [1.54, 1.807) is 18.5 Å². The molecule has 0 radical (unpaired) electrons. The molecule has 0 aliphatic carbocycles. The fourth-order valence-corrected chi connectivity index (χ4v) is 7.36. The van der Waals surface area contributed by atoms with E-state index >= 15 is 0 Å². The Hall–Kier alpha value is -2.53. The minimum atomic E-state index is -3.61. The molecule has 188 valence electrons. The van der Waals surface area contributed by atoms with E-state index < -0.39 is 15.9 Å². The van der Waals surface area contributed by atoms with Gasteiger partial charge in [-0.15, -0.1) is 0 Å². The number of carbonyl (C=O) groups excluding carboxylic acids is 1. The number of ether oxygens (including phenoxy) is 2. The van der Waals surface area contributed by atoms with E-state index in [-0.39, 0.29) is 4.90 Å². The molecule has 4 rings (SSSR count). The zero-order valence-corrected chi connectivity index (χ0v) is 22.1. The van der Waals surface area contributed by atoms with Crippen LogP contribution in [0.15, 0.2) is 52.4 Å². The average Bonchev–Trinajstić information content (AvgIpc) is 3.19. The molecular formula is C25H31N3O5S2. The van der Waals surface area contributed by atoms with Crippen molar-refractivity contribution in [1.82, 2.24) is 8.87 Å². The number of hydrogen-bond acceptors (Lipinski definition) is 6. The number of aromatic nitrogens is 1. The van der Waals surface area contributed by atoms with Crippen molar-refractivity contribution < 1.29 is 22.7 Å². The van der Waals surface area contributed by atoms with Gasteiger partial charge in [-0.05, 0) is 54.7 Å². The molecule has 0 N–H and O–H groups in total. The molecule has 8 nitrogen and oxygen atoms in total. The zero-order valence-electron chi connectivity index (χ0n) is 20.4. The Bertz CT molecular complexity index is 1370. The lowest BCUT2D eigenvalue weighted by Gasteiger charge is -2.34. The van der Waals surface area contributed by atoms with Crippen molar-refractivity contribution in [3.63, 3.8) is 0 Å². The number of benzene rings is 2. The summed E-state index contributed by atoms with van der Waals surface area (Å²) in [7, 11) is -0.382. The highest BCUT2D eigenvalue weighted by Crippen LogP contribution is 2.28. The normalized spacial score (nSPS) is 19.8. The predicted molar refractivity (Wildman–Crippen MR) is 136 cm³/mol.